The predicted molar refractivity (Wildman–Crippen MR) is 122 cm³/mol. The number of halogens is 1. The second kappa shape index (κ2) is 9.47. The zero-order valence-electron chi connectivity index (χ0n) is 16.6. The van der Waals surface area contributed by atoms with Crippen LogP contribution in [0.5, 0.6) is 11.5 Å². The summed E-state index contributed by atoms with van der Waals surface area (Å²) in [6, 6.07) is 12.9. The van der Waals surface area contributed by atoms with Gasteiger partial charge in [0.05, 0.1) is 25.5 Å². The van der Waals surface area contributed by atoms with Crippen molar-refractivity contribution in [1.29, 1.82) is 0 Å². The molecule has 158 valence electrons. The summed E-state index contributed by atoms with van der Waals surface area (Å²) in [4.78, 5) is 21.4. The van der Waals surface area contributed by atoms with E-state index in [2.05, 4.69) is 9.97 Å². The maximum Gasteiger partial charge on any atom is 0.358 e. The molecule has 0 aliphatic heterocycles. The van der Waals surface area contributed by atoms with Crippen LogP contribution in [-0.2, 0) is 11.3 Å². The van der Waals surface area contributed by atoms with Gasteiger partial charge in [-0.15, -0.1) is 22.7 Å². The zero-order chi connectivity index (χ0) is 21.8. The van der Waals surface area contributed by atoms with Crippen LogP contribution in [0, 0.1) is 0 Å². The number of carbonyl (C=O) groups excluding carboxylic acids is 1. The molecule has 31 heavy (non-hydrogen) atoms. The minimum Gasteiger partial charge on any atom is -0.493 e. The molecule has 0 radical (unpaired) electrons. The molecule has 0 fully saturated rings. The molecule has 0 spiro atoms. The average Bonchev–Trinajstić information content (AvgIpc) is 3.47. The van der Waals surface area contributed by atoms with Gasteiger partial charge in [0.25, 0.3) is 0 Å². The maximum atomic E-state index is 12.4. The smallest absolute Gasteiger partial charge is 0.358 e. The summed E-state index contributed by atoms with van der Waals surface area (Å²) in [5, 5.41) is 5.65. The molecule has 6 nitrogen and oxygen atoms in total. The predicted octanol–water partition coefficient (Wildman–Crippen LogP) is 5.96. The molecule has 0 atom stereocenters. The summed E-state index contributed by atoms with van der Waals surface area (Å²) in [7, 11) is 3.18. The highest BCUT2D eigenvalue weighted by Crippen LogP contribution is 2.39. The van der Waals surface area contributed by atoms with Crippen molar-refractivity contribution in [2.75, 3.05) is 14.2 Å². The third kappa shape index (κ3) is 4.71. The summed E-state index contributed by atoms with van der Waals surface area (Å²) < 4.78 is 16.2. The number of rotatable bonds is 7. The van der Waals surface area contributed by atoms with Crippen molar-refractivity contribution in [3.8, 4) is 32.6 Å². The fourth-order valence-corrected chi connectivity index (χ4v) is 4.61. The number of carbonyl (C=O) groups is 1. The van der Waals surface area contributed by atoms with E-state index in [1.165, 1.54) is 22.7 Å². The van der Waals surface area contributed by atoms with Crippen LogP contribution in [0.1, 0.15) is 16.2 Å². The van der Waals surface area contributed by atoms with E-state index < -0.39 is 5.97 Å². The molecule has 2 heterocycles. The van der Waals surface area contributed by atoms with E-state index in [1.54, 1.807) is 31.7 Å². The molecule has 4 aromatic rings. The van der Waals surface area contributed by atoms with Gasteiger partial charge in [0.1, 0.15) is 16.6 Å². The van der Waals surface area contributed by atoms with Crippen molar-refractivity contribution < 1.29 is 19.0 Å². The number of para-hydroxylation sites is 1. The number of ether oxygens (including phenoxy) is 3. The van der Waals surface area contributed by atoms with Crippen LogP contribution in [0.4, 0.5) is 0 Å². The Kier molecular flexibility index (Phi) is 6.50. The molecule has 0 aliphatic carbocycles. The molecule has 0 saturated carbocycles. The van der Waals surface area contributed by atoms with Crippen LogP contribution in [0.25, 0.3) is 21.1 Å². The quantitative estimate of drug-likeness (QED) is 0.309. The van der Waals surface area contributed by atoms with Crippen LogP contribution in [0.2, 0.25) is 5.02 Å². The first-order valence-corrected chi connectivity index (χ1v) is 11.3. The first-order chi connectivity index (χ1) is 15.1. The van der Waals surface area contributed by atoms with Gasteiger partial charge in [-0.3, -0.25) is 0 Å². The van der Waals surface area contributed by atoms with Gasteiger partial charge in [0.2, 0.25) is 0 Å². The number of esters is 1. The Morgan fingerprint density at radius 2 is 1.74 bits per heavy atom. The molecule has 0 N–H and O–H groups in total. The molecule has 0 amide bonds. The van der Waals surface area contributed by atoms with Crippen LogP contribution in [0.3, 0.4) is 0 Å². The number of thiazole rings is 2. The van der Waals surface area contributed by atoms with Crippen LogP contribution >= 0.6 is 34.3 Å². The van der Waals surface area contributed by atoms with Gasteiger partial charge < -0.3 is 14.2 Å². The molecule has 9 heteroatoms. The Morgan fingerprint density at radius 3 is 2.48 bits per heavy atom. The number of aromatic nitrogens is 2. The maximum absolute atomic E-state index is 12.4. The monoisotopic (exact) mass is 472 g/mol. The van der Waals surface area contributed by atoms with Crippen molar-refractivity contribution in [2.45, 2.75) is 6.61 Å². The van der Waals surface area contributed by atoms with E-state index in [1.807, 2.05) is 35.7 Å². The van der Waals surface area contributed by atoms with Gasteiger partial charge in [-0.25, -0.2) is 14.8 Å². The Hall–Kier alpha value is -2.94. The highest BCUT2D eigenvalue weighted by atomic mass is 35.5. The molecule has 0 aliphatic rings. The topological polar surface area (TPSA) is 70.5 Å². The molecule has 0 bridgehead atoms. The Morgan fingerprint density at radius 1 is 0.968 bits per heavy atom. The van der Waals surface area contributed by atoms with E-state index in [0.717, 1.165) is 21.1 Å². The van der Waals surface area contributed by atoms with Crippen molar-refractivity contribution in [3.05, 3.63) is 69.6 Å². The molecule has 0 saturated heterocycles. The molecule has 2 aromatic carbocycles. The lowest BCUT2D eigenvalue weighted by atomic mass is 10.2. The third-order valence-corrected chi connectivity index (χ3v) is 6.41. The van der Waals surface area contributed by atoms with Gasteiger partial charge in [0.15, 0.2) is 17.2 Å². The SMILES string of the molecule is COc1cccc(-c2nc(COC(=O)c3csc(-c4ccc(Cl)cc4)n3)cs2)c1OC. The van der Waals surface area contributed by atoms with E-state index in [-0.39, 0.29) is 12.3 Å². The summed E-state index contributed by atoms with van der Waals surface area (Å²) in [6.45, 7) is 0.0510. The van der Waals surface area contributed by atoms with Crippen LogP contribution in [0.15, 0.2) is 53.2 Å². The second-order valence-electron chi connectivity index (χ2n) is 6.31. The van der Waals surface area contributed by atoms with Crippen molar-refractivity contribution in [3.63, 3.8) is 0 Å². The summed E-state index contributed by atoms with van der Waals surface area (Å²) in [6.07, 6.45) is 0. The highest BCUT2D eigenvalue weighted by molar-refractivity contribution is 7.13. The Labute approximate surface area is 192 Å². The molecular formula is C22H17ClN2O4S2. The minimum atomic E-state index is -0.495. The highest BCUT2D eigenvalue weighted by Gasteiger charge is 2.17. The van der Waals surface area contributed by atoms with Crippen molar-refractivity contribution in [2.24, 2.45) is 0 Å². The number of nitrogens with zero attached hydrogens (tertiary/aromatic N) is 2. The van der Waals surface area contributed by atoms with Crippen LogP contribution < -0.4 is 9.47 Å². The van der Waals surface area contributed by atoms with E-state index in [0.29, 0.717) is 22.2 Å². The standard InChI is InChI=1S/C22H17ClN2O4S2/c1-27-18-5-3-4-16(19(18)28-2)21-24-15(11-30-21)10-29-22(26)17-12-31-20(25-17)13-6-8-14(23)9-7-13/h3-9,11-12H,10H2,1-2H3. The van der Waals surface area contributed by atoms with Crippen molar-refractivity contribution in [1.82, 2.24) is 9.97 Å². The fourth-order valence-electron chi connectivity index (χ4n) is 2.86. The van der Waals surface area contributed by atoms with Gasteiger partial charge in [-0.2, -0.15) is 0 Å². The Balaban J connectivity index is 1.44. The van der Waals surface area contributed by atoms with Crippen LogP contribution in [-0.4, -0.2) is 30.2 Å². The Bertz CT molecular complexity index is 1200. The lowest BCUT2D eigenvalue weighted by Gasteiger charge is -2.10. The third-order valence-electron chi connectivity index (χ3n) is 4.34. The van der Waals surface area contributed by atoms with E-state index in [4.69, 9.17) is 25.8 Å². The van der Waals surface area contributed by atoms with Gasteiger partial charge >= 0.3 is 5.97 Å². The zero-order valence-corrected chi connectivity index (χ0v) is 19.0. The summed E-state index contributed by atoms with van der Waals surface area (Å²) in [5.74, 6) is 0.744. The lowest BCUT2D eigenvalue weighted by Crippen LogP contribution is -2.05. The van der Waals surface area contributed by atoms with E-state index in [9.17, 15) is 4.79 Å². The number of hydrogen-bond acceptors (Lipinski definition) is 8. The number of hydrogen-bond donors (Lipinski definition) is 0. The molecule has 4 rings (SSSR count). The van der Waals surface area contributed by atoms with Gasteiger partial charge in [-0.05, 0) is 24.3 Å². The normalized spacial score (nSPS) is 10.7. The number of methoxy groups -OCH3 is 2. The van der Waals surface area contributed by atoms with Gasteiger partial charge in [-0.1, -0.05) is 29.8 Å². The van der Waals surface area contributed by atoms with Crippen molar-refractivity contribution >= 4 is 40.2 Å². The van der Waals surface area contributed by atoms with E-state index >= 15 is 0 Å². The second-order valence-corrected chi connectivity index (χ2v) is 8.46. The molecule has 2 aromatic heterocycles. The van der Waals surface area contributed by atoms with Gasteiger partial charge in [0, 0.05) is 21.3 Å². The molecular weight excluding hydrogens is 456 g/mol. The first-order valence-electron chi connectivity index (χ1n) is 9.13. The lowest BCUT2D eigenvalue weighted by molar-refractivity contribution is 0.0462. The fraction of sp³-hybridized carbons (Fsp3) is 0.136. The largest absolute Gasteiger partial charge is 0.493 e. The summed E-state index contributed by atoms with van der Waals surface area (Å²) in [5.41, 5.74) is 2.62. The molecule has 0 unspecified atom stereocenters. The number of benzene rings is 2. The first kappa shape index (κ1) is 21.3. The minimum absolute atomic E-state index is 0.0510. The average molecular weight is 473 g/mol. The summed E-state index contributed by atoms with van der Waals surface area (Å²) >= 11 is 8.73.